The van der Waals surface area contributed by atoms with E-state index >= 15 is 0 Å². The molecule has 0 spiro atoms. The summed E-state index contributed by atoms with van der Waals surface area (Å²) in [5.41, 5.74) is 13.6. The van der Waals surface area contributed by atoms with Crippen LogP contribution in [0.5, 0.6) is 0 Å². The molecule has 0 aliphatic heterocycles. The van der Waals surface area contributed by atoms with Crippen molar-refractivity contribution in [2.24, 2.45) is 5.73 Å². The first-order valence-electron chi connectivity index (χ1n) is 5.50. The van der Waals surface area contributed by atoms with Gasteiger partial charge in [0.25, 0.3) is 0 Å². The highest BCUT2D eigenvalue weighted by atomic mass is 79.9. The summed E-state index contributed by atoms with van der Waals surface area (Å²) in [6.07, 6.45) is 3.61. The van der Waals surface area contributed by atoms with Crippen molar-refractivity contribution in [1.82, 2.24) is 9.78 Å². The second-order valence-corrected chi connectivity index (χ2v) is 4.75. The lowest BCUT2D eigenvalue weighted by Gasteiger charge is -2.05. The van der Waals surface area contributed by atoms with Crippen LogP contribution in [0.15, 0.2) is 34.9 Å². The van der Waals surface area contributed by atoms with Crippen molar-refractivity contribution >= 4 is 21.7 Å². The Morgan fingerprint density at radius 2 is 2.18 bits per heavy atom. The van der Waals surface area contributed by atoms with E-state index in [1.165, 1.54) is 0 Å². The van der Waals surface area contributed by atoms with E-state index in [2.05, 4.69) is 21.0 Å². The molecule has 0 aliphatic rings. The molecule has 0 bridgehead atoms. The Kier molecular flexibility index (Phi) is 3.81. The van der Waals surface area contributed by atoms with Crippen molar-refractivity contribution < 1.29 is 0 Å². The van der Waals surface area contributed by atoms with E-state index in [0.29, 0.717) is 12.4 Å². The van der Waals surface area contributed by atoms with Crippen molar-refractivity contribution in [3.8, 4) is 5.69 Å². The Labute approximate surface area is 109 Å². The Morgan fingerprint density at radius 3 is 2.88 bits per heavy atom. The van der Waals surface area contributed by atoms with Crippen molar-refractivity contribution in [3.63, 3.8) is 0 Å². The molecule has 4 N–H and O–H groups in total. The Hall–Kier alpha value is -1.33. The molecule has 2 aromatic rings. The zero-order valence-electron chi connectivity index (χ0n) is 9.44. The molecule has 5 heteroatoms. The number of halogens is 1. The highest BCUT2D eigenvalue weighted by molar-refractivity contribution is 9.10. The van der Waals surface area contributed by atoms with Crippen LogP contribution in [0.25, 0.3) is 5.69 Å². The maximum atomic E-state index is 6.07. The van der Waals surface area contributed by atoms with Crippen LogP contribution in [-0.2, 0) is 6.42 Å². The lowest BCUT2D eigenvalue weighted by molar-refractivity contribution is 0.834. The minimum Gasteiger partial charge on any atom is -0.383 e. The number of nitrogen functional groups attached to an aromatic ring is 1. The van der Waals surface area contributed by atoms with Gasteiger partial charge in [0.2, 0.25) is 0 Å². The van der Waals surface area contributed by atoms with Gasteiger partial charge in [0.05, 0.1) is 11.9 Å². The van der Waals surface area contributed by atoms with E-state index in [1.807, 2.05) is 30.5 Å². The summed E-state index contributed by atoms with van der Waals surface area (Å²) in [6.45, 7) is 0.668. The maximum Gasteiger partial charge on any atom is 0.130 e. The summed E-state index contributed by atoms with van der Waals surface area (Å²) in [7, 11) is 0. The minimum atomic E-state index is 0.668. The summed E-state index contributed by atoms with van der Waals surface area (Å²) >= 11 is 3.43. The summed E-state index contributed by atoms with van der Waals surface area (Å²) < 4.78 is 2.75. The molecule has 0 saturated carbocycles. The molecule has 0 aliphatic carbocycles. The van der Waals surface area contributed by atoms with E-state index < -0.39 is 0 Å². The molecular formula is C12H15BrN4. The predicted octanol–water partition coefficient (Wildman–Crippen LogP) is 2.11. The van der Waals surface area contributed by atoms with E-state index in [1.54, 1.807) is 4.68 Å². The first-order valence-corrected chi connectivity index (χ1v) is 6.30. The number of aryl methyl sites for hydroxylation is 1. The van der Waals surface area contributed by atoms with Crippen LogP contribution < -0.4 is 11.5 Å². The molecular weight excluding hydrogens is 280 g/mol. The Balaban J connectivity index is 2.30. The third-order valence-electron chi connectivity index (χ3n) is 2.59. The quantitative estimate of drug-likeness (QED) is 0.907. The van der Waals surface area contributed by atoms with E-state index in [0.717, 1.165) is 28.6 Å². The smallest absolute Gasteiger partial charge is 0.130 e. The van der Waals surface area contributed by atoms with Gasteiger partial charge in [-0.3, -0.25) is 0 Å². The van der Waals surface area contributed by atoms with E-state index in [4.69, 9.17) is 11.5 Å². The van der Waals surface area contributed by atoms with Gasteiger partial charge in [0.1, 0.15) is 5.82 Å². The zero-order chi connectivity index (χ0) is 12.3. The number of rotatable bonds is 4. The molecule has 1 aromatic heterocycles. The van der Waals surface area contributed by atoms with E-state index in [-0.39, 0.29) is 0 Å². The van der Waals surface area contributed by atoms with Crippen LogP contribution in [0, 0.1) is 0 Å². The van der Waals surface area contributed by atoms with Gasteiger partial charge in [-0.1, -0.05) is 22.0 Å². The lowest BCUT2D eigenvalue weighted by Crippen LogP contribution is -2.04. The molecule has 0 saturated heterocycles. The highest BCUT2D eigenvalue weighted by Crippen LogP contribution is 2.20. The molecule has 90 valence electrons. The summed E-state index contributed by atoms with van der Waals surface area (Å²) in [5, 5.41) is 4.31. The maximum absolute atomic E-state index is 6.07. The molecule has 0 atom stereocenters. The molecule has 17 heavy (non-hydrogen) atoms. The number of nitrogens with zero attached hydrogens (tertiary/aromatic N) is 2. The summed E-state index contributed by atoms with van der Waals surface area (Å²) in [5.74, 6) is 0.691. The number of benzene rings is 1. The van der Waals surface area contributed by atoms with Crippen LogP contribution in [0.3, 0.4) is 0 Å². The molecule has 4 nitrogen and oxygen atoms in total. The van der Waals surface area contributed by atoms with Crippen LogP contribution in [0.1, 0.15) is 12.0 Å². The molecule has 1 aromatic carbocycles. The van der Waals surface area contributed by atoms with Gasteiger partial charge in [-0.15, -0.1) is 0 Å². The first kappa shape index (κ1) is 12.1. The normalized spacial score (nSPS) is 10.7. The first-order chi connectivity index (χ1) is 8.22. The summed E-state index contributed by atoms with van der Waals surface area (Å²) in [4.78, 5) is 0. The van der Waals surface area contributed by atoms with Crippen molar-refractivity contribution in [2.45, 2.75) is 12.8 Å². The molecule has 1 heterocycles. The van der Waals surface area contributed by atoms with Crippen molar-refractivity contribution in [3.05, 3.63) is 40.5 Å². The second kappa shape index (κ2) is 5.33. The average Bonchev–Trinajstić information content (AvgIpc) is 2.68. The van der Waals surface area contributed by atoms with Crippen LogP contribution in [0.4, 0.5) is 5.82 Å². The monoisotopic (exact) mass is 294 g/mol. The fourth-order valence-electron chi connectivity index (χ4n) is 1.69. The number of nitrogens with two attached hydrogens (primary N) is 2. The van der Waals surface area contributed by atoms with Gasteiger partial charge in [0, 0.05) is 10.0 Å². The topological polar surface area (TPSA) is 69.9 Å². The number of anilines is 1. The fourth-order valence-corrected chi connectivity index (χ4v) is 2.08. The highest BCUT2D eigenvalue weighted by Gasteiger charge is 2.08. The summed E-state index contributed by atoms with van der Waals surface area (Å²) in [6, 6.07) is 7.88. The number of aromatic nitrogens is 2. The standard InChI is InChI=1S/C12H15BrN4/c13-10-4-1-5-11(7-10)17-12(15)9(8-16-17)3-2-6-14/h1,4-5,7-8H,2-3,6,14-15H2. The van der Waals surface area contributed by atoms with Crippen molar-refractivity contribution in [2.75, 3.05) is 12.3 Å². The third kappa shape index (κ3) is 2.68. The van der Waals surface area contributed by atoms with Crippen molar-refractivity contribution in [1.29, 1.82) is 0 Å². The predicted molar refractivity (Wildman–Crippen MR) is 73.1 cm³/mol. The average molecular weight is 295 g/mol. The van der Waals surface area contributed by atoms with Crippen LogP contribution in [0.2, 0.25) is 0 Å². The number of hydrogen-bond acceptors (Lipinski definition) is 3. The fraction of sp³-hybridized carbons (Fsp3) is 0.250. The van der Waals surface area contributed by atoms with Gasteiger partial charge in [-0.25, -0.2) is 4.68 Å². The van der Waals surface area contributed by atoms with Gasteiger partial charge >= 0.3 is 0 Å². The van der Waals surface area contributed by atoms with Crippen LogP contribution >= 0.6 is 15.9 Å². The SMILES string of the molecule is NCCCc1cnn(-c2cccc(Br)c2)c1N. The van der Waals surface area contributed by atoms with Gasteiger partial charge < -0.3 is 11.5 Å². The van der Waals surface area contributed by atoms with Crippen LogP contribution in [-0.4, -0.2) is 16.3 Å². The third-order valence-corrected chi connectivity index (χ3v) is 3.08. The van der Waals surface area contributed by atoms with E-state index in [9.17, 15) is 0 Å². The number of hydrogen-bond donors (Lipinski definition) is 2. The largest absolute Gasteiger partial charge is 0.383 e. The van der Waals surface area contributed by atoms with Gasteiger partial charge in [0.15, 0.2) is 0 Å². The Morgan fingerprint density at radius 1 is 1.35 bits per heavy atom. The molecule has 2 rings (SSSR count). The Bertz CT molecular complexity index is 507. The molecule has 0 unspecified atom stereocenters. The minimum absolute atomic E-state index is 0.668. The van der Waals surface area contributed by atoms with Gasteiger partial charge in [-0.05, 0) is 37.6 Å². The second-order valence-electron chi connectivity index (χ2n) is 3.84. The molecule has 0 radical (unpaired) electrons. The van der Waals surface area contributed by atoms with Gasteiger partial charge in [-0.2, -0.15) is 5.10 Å². The molecule has 0 amide bonds. The zero-order valence-corrected chi connectivity index (χ0v) is 11.0. The molecule has 0 fully saturated rings. The lowest BCUT2D eigenvalue weighted by atomic mass is 10.2.